The zero-order valence-corrected chi connectivity index (χ0v) is 26.5. The van der Waals surface area contributed by atoms with Crippen molar-refractivity contribution in [2.75, 3.05) is 0 Å². The Hall–Kier alpha value is -5.54. The SMILES string of the molecule is CC1(C)c2ccccc2-c2ccc(-c3ccc4c(c3)-c3ccccc3CCC4c3nc4ccccc4c4nc5ccccc5n34)cc21. The molecule has 0 saturated carbocycles. The van der Waals surface area contributed by atoms with Crippen molar-refractivity contribution in [3.8, 4) is 33.4 Å². The van der Waals surface area contributed by atoms with Gasteiger partial charge in [0.15, 0.2) is 0 Å². The summed E-state index contributed by atoms with van der Waals surface area (Å²) < 4.78 is 2.33. The van der Waals surface area contributed by atoms with Gasteiger partial charge < -0.3 is 0 Å². The van der Waals surface area contributed by atoms with E-state index in [0.717, 1.165) is 46.2 Å². The van der Waals surface area contributed by atoms with Crippen LogP contribution in [0.2, 0.25) is 0 Å². The number of benzene rings is 6. The first-order valence-corrected chi connectivity index (χ1v) is 16.7. The van der Waals surface area contributed by atoms with Gasteiger partial charge in [0.05, 0.1) is 16.6 Å². The lowest BCUT2D eigenvalue weighted by molar-refractivity contribution is 0.660. The molecule has 0 saturated heterocycles. The van der Waals surface area contributed by atoms with E-state index in [-0.39, 0.29) is 11.3 Å². The van der Waals surface area contributed by atoms with Gasteiger partial charge in [-0.3, -0.25) is 4.40 Å². The van der Waals surface area contributed by atoms with E-state index < -0.39 is 0 Å². The number of para-hydroxylation sites is 3. The standard InChI is InChI=1S/C44H33N3/c1-44(2)37-15-7-5-13-32(37)33-23-21-29(26-38(33)44)28-20-22-31-34(24-19-27-11-3-4-12-30(27)36(31)25-28)42-45-39-16-8-6-14-35(39)43-46-40-17-9-10-18-41(40)47(42)43/h3-18,20-23,25-26,34H,19,24H2,1-2H3. The van der Waals surface area contributed by atoms with E-state index in [1.54, 1.807) is 0 Å². The highest BCUT2D eigenvalue weighted by Crippen LogP contribution is 2.50. The summed E-state index contributed by atoms with van der Waals surface area (Å²) in [5, 5.41) is 1.08. The van der Waals surface area contributed by atoms with Crippen molar-refractivity contribution in [1.29, 1.82) is 0 Å². The van der Waals surface area contributed by atoms with Crippen LogP contribution in [0.1, 0.15) is 54.3 Å². The smallest absolute Gasteiger partial charge is 0.148 e. The van der Waals surface area contributed by atoms with Crippen molar-refractivity contribution in [3.05, 3.63) is 162 Å². The van der Waals surface area contributed by atoms with Gasteiger partial charge in [-0.25, -0.2) is 9.97 Å². The van der Waals surface area contributed by atoms with Crippen molar-refractivity contribution in [1.82, 2.24) is 14.4 Å². The molecular weight excluding hydrogens is 571 g/mol. The van der Waals surface area contributed by atoms with E-state index in [1.807, 2.05) is 0 Å². The average molecular weight is 604 g/mol. The van der Waals surface area contributed by atoms with Gasteiger partial charge in [0.25, 0.3) is 0 Å². The lowest BCUT2D eigenvalue weighted by atomic mass is 9.81. The monoisotopic (exact) mass is 603 g/mol. The lowest BCUT2D eigenvalue weighted by Gasteiger charge is -2.23. The van der Waals surface area contributed by atoms with E-state index in [0.29, 0.717) is 0 Å². The van der Waals surface area contributed by atoms with Gasteiger partial charge in [-0.1, -0.05) is 111 Å². The molecule has 2 aliphatic carbocycles. The zero-order chi connectivity index (χ0) is 31.3. The second-order valence-electron chi connectivity index (χ2n) is 13.7. The van der Waals surface area contributed by atoms with Crippen LogP contribution in [0.3, 0.4) is 0 Å². The first kappa shape index (κ1) is 26.7. The number of rotatable bonds is 2. The molecule has 0 N–H and O–H groups in total. The molecule has 0 fully saturated rings. The van der Waals surface area contributed by atoms with Crippen molar-refractivity contribution in [2.45, 2.75) is 38.0 Å². The first-order chi connectivity index (χ1) is 23.1. The molecule has 2 aromatic heterocycles. The second kappa shape index (κ2) is 9.73. The summed E-state index contributed by atoms with van der Waals surface area (Å²) in [6, 6.07) is 49.0. The Balaban J connectivity index is 1.19. The van der Waals surface area contributed by atoms with Crippen molar-refractivity contribution in [3.63, 3.8) is 0 Å². The zero-order valence-electron chi connectivity index (χ0n) is 26.5. The summed E-state index contributed by atoms with van der Waals surface area (Å²) in [4.78, 5) is 10.6. The summed E-state index contributed by atoms with van der Waals surface area (Å²) in [6.45, 7) is 4.72. The van der Waals surface area contributed by atoms with Crippen molar-refractivity contribution < 1.29 is 0 Å². The van der Waals surface area contributed by atoms with Gasteiger partial charge in [0, 0.05) is 16.7 Å². The number of hydrogen-bond donors (Lipinski definition) is 0. The summed E-state index contributed by atoms with van der Waals surface area (Å²) in [5.74, 6) is 1.16. The van der Waals surface area contributed by atoms with Gasteiger partial charge in [-0.2, -0.15) is 0 Å². The van der Waals surface area contributed by atoms with Crippen LogP contribution in [0.4, 0.5) is 0 Å². The molecule has 1 atom stereocenters. The topological polar surface area (TPSA) is 30.2 Å². The largest absolute Gasteiger partial charge is 0.279 e. The Morgan fingerprint density at radius 1 is 0.596 bits per heavy atom. The predicted octanol–water partition coefficient (Wildman–Crippen LogP) is 10.8. The third-order valence-corrected chi connectivity index (χ3v) is 10.8. The van der Waals surface area contributed by atoms with Crippen LogP contribution in [0.15, 0.2) is 133 Å². The van der Waals surface area contributed by atoms with Gasteiger partial charge in [0.1, 0.15) is 11.5 Å². The molecule has 2 heterocycles. The minimum atomic E-state index is -0.0357. The highest BCUT2D eigenvalue weighted by molar-refractivity contribution is 5.96. The highest BCUT2D eigenvalue weighted by atomic mass is 15.1. The van der Waals surface area contributed by atoms with Gasteiger partial charge >= 0.3 is 0 Å². The minimum absolute atomic E-state index is 0.0357. The fourth-order valence-corrected chi connectivity index (χ4v) is 8.49. The fourth-order valence-electron chi connectivity index (χ4n) is 8.49. The molecule has 0 amide bonds. The highest BCUT2D eigenvalue weighted by Gasteiger charge is 2.35. The Morgan fingerprint density at radius 3 is 2.21 bits per heavy atom. The Bertz CT molecular complexity index is 2570. The first-order valence-electron chi connectivity index (χ1n) is 16.7. The third-order valence-electron chi connectivity index (χ3n) is 10.8. The molecule has 3 nitrogen and oxygen atoms in total. The lowest BCUT2D eigenvalue weighted by Crippen LogP contribution is -2.14. The fraction of sp³-hybridized carbons (Fsp3) is 0.136. The van der Waals surface area contributed by atoms with E-state index >= 15 is 0 Å². The van der Waals surface area contributed by atoms with E-state index in [1.165, 1.54) is 55.6 Å². The molecule has 47 heavy (non-hydrogen) atoms. The molecule has 0 aliphatic heterocycles. The minimum Gasteiger partial charge on any atom is -0.279 e. The molecular formula is C44H33N3. The molecule has 3 heteroatoms. The van der Waals surface area contributed by atoms with Crippen LogP contribution in [-0.2, 0) is 11.8 Å². The molecule has 0 radical (unpaired) electrons. The van der Waals surface area contributed by atoms with Crippen molar-refractivity contribution >= 4 is 27.6 Å². The van der Waals surface area contributed by atoms with Crippen LogP contribution in [-0.4, -0.2) is 14.4 Å². The molecule has 2 aliphatic rings. The number of hydrogen-bond acceptors (Lipinski definition) is 2. The Labute approximate surface area is 274 Å². The maximum absolute atomic E-state index is 5.43. The predicted molar refractivity (Wildman–Crippen MR) is 193 cm³/mol. The Morgan fingerprint density at radius 2 is 1.30 bits per heavy atom. The van der Waals surface area contributed by atoms with E-state index in [4.69, 9.17) is 9.97 Å². The second-order valence-corrected chi connectivity index (χ2v) is 13.7. The normalized spacial score (nSPS) is 16.1. The van der Waals surface area contributed by atoms with E-state index in [9.17, 15) is 0 Å². The third kappa shape index (κ3) is 3.80. The van der Waals surface area contributed by atoms with E-state index in [2.05, 4.69) is 152 Å². The van der Waals surface area contributed by atoms with Crippen LogP contribution in [0, 0.1) is 0 Å². The summed E-state index contributed by atoms with van der Waals surface area (Å²) in [6.07, 6.45) is 1.96. The van der Waals surface area contributed by atoms with Gasteiger partial charge in [0.2, 0.25) is 0 Å². The van der Waals surface area contributed by atoms with Gasteiger partial charge in [-0.15, -0.1) is 0 Å². The number of aryl methyl sites for hydroxylation is 1. The molecule has 8 aromatic rings. The molecule has 0 bridgehead atoms. The maximum atomic E-state index is 5.43. The summed E-state index contributed by atoms with van der Waals surface area (Å²) in [7, 11) is 0. The number of aromatic nitrogens is 3. The molecule has 6 aromatic carbocycles. The maximum Gasteiger partial charge on any atom is 0.148 e. The average Bonchev–Trinajstić information content (AvgIpc) is 3.55. The van der Waals surface area contributed by atoms with Crippen LogP contribution in [0.25, 0.3) is 61.0 Å². The van der Waals surface area contributed by atoms with Crippen LogP contribution < -0.4 is 0 Å². The summed E-state index contributed by atoms with van der Waals surface area (Å²) >= 11 is 0. The molecule has 0 spiro atoms. The molecule has 10 rings (SSSR count). The quantitative estimate of drug-likeness (QED) is 0.197. The number of imidazole rings is 1. The van der Waals surface area contributed by atoms with Crippen molar-refractivity contribution in [2.24, 2.45) is 0 Å². The molecule has 1 unspecified atom stereocenters. The van der Waals surface area contributed by atoms with Crippen LogP contribution in [0.5, 0.6) is 0 Å². The number of fused-ring (bicyclic) bond motifs is 11. The van der Waals surface area contributed by atoms with Crippen LogP contribution >= 0.6 is 0 Å². The number of nitrogens with zero attached hydrogens (tertiary/aromatic N) is 3. The summed E-state index contributed by atoms with van der Waals surface area (Å²) in [5.41, 5.74) is 17.4. The Kier molecular flexibility index (Phi) is 5.52. The molecule has 224 valence electrons. The van der Waals surface area contributed by atoms with Gasteiger partial charge in [-0.05, 0) is 105 Å².